The molecule has 0 unspecified atom stereocenters. The van der Waals surface area contributed by atoms with E-state index in [1.54, 1.807) is 30.3 Å². The minimum absolute atomic E-state index is 0.150. The SMILES string of the molecule is O=C(c1ccccc1)c1[nH]c(=O)[nH]c(=O)c1CO. The second-order valence-corrected chi connectivity index (χ2v) is 3.62. The highest BCUT2D eigenvalue weighted by Gasteiger charge is 2.17. The maximum atomic E-state index is 12.1. The summed E-state index contributed by atoms with van der Waals surface area (Å²) in [5, 5.41) is 9.09. The lowest BCUT2D eigenvalue weighted by Crippen LogP contribution is -2.30. The van der Waals surface area contributed by atoms with E-state index in [4.69, 9.17) is 5.11 Å². The van der Waals surface area contributed by atoms with Crippen LogP contribution >= 0.6 is 0 Å². The molecule has 0 amide bonds. The lowest BCUT2D eigenvalue weighted by molar-refractivity contribution is 0.103. The highest BCUT2D eigenvalue weighted by Crippen LogP contribution is 2.08. The largest absolute Gasteiger partial charge is 0.391 e. The predicted octanol–water partition coefficient (Wildman–Crippen LogP) is -0.213. The Morgan fingerprint density at radius 2 is 1.78 bits per heavy atom. The highest BCUT2D eigenvalue weighted by molar-refractivity contribution is 6.08. The Kier molecular flexibility index (Phi) is 3.20. The van der Waals surface area contributed by atoms with E-state index >= 15 is 0 Å². The molecule has 6 heteroatoms. The van der Waals surface area contributed by atoms with Crippen LogP contribution in [0.25, 0.3) is 0 Å². The van der Waals surface area contributed by atoms with Gasteiger partial charge in [-0.15, -0.1) is 0 Å². The number of carbonyl (C=O) groups is 1. The zero-order chi connectivity index (χ0) is 13.1. The first kappa shape index (κ1) is 12.0. The van der Waals surface area contributed by atoms with E-state index in [0.29, 0.717) is 5.56 Å². The van der Waals surface area contributed by atoms with Gasteiger partial charge in [0.25, 0.3) is 5.56 Å². The summed E-state index contributed by atoms with van der Waals surface area (Å²) >= 11 is 0. The molecule has 0 spiro atoms. The molecule has 2 aromatic rings. The molecule has 1 aromatic carbocycles. The lowest BCUT2D eigenvalue weighted by atomic mass is 10.1. The van der Waals surface area contributed by atoms with Gasteiger partial charge < -0.3 is 10.1 Å². The van der Waals surface area contributed by atoms with Crippen molar-refractivity contribution in [1.82, 2.24) is 9.97 Å². The van der Waals surface area contributed by atoms with Gasteiger partial charge in [0.2, 0.25) is 5.78 Å². The minimum atomic E-state index is -0.781. The van der Waals surface area contributed by atoms with Crippen molar-refractivity contribution < 1.29 is 9.90 Å². The molecule has 2 rings (SSSR count). The molecule has 0 fully saturated rings. The number of rotatable bonds is 3. The van der Waals surface area contributed by atoms with Crippen LogP contribution in [0.1, 0.15) is 21.6 Å². The Labute approximate surface area is 101 Å². The summed E-state index contributed by atoms with van der Waals surface area (Å²) in [5.74, 6) is -0.511. The first-order valence-electron chi connectivity index (χ1n) is 5.19. The van der Waals surface area contributed by atoms with Crippen molar-refractivity contribution in [2.45, 2.75) is 6.61 Å². The zero-order valence-electron chi connectivity index (χ0n) is 9.27. The Hall–Kier alpha value is -2.47. The molecular formula is C12H10N2O4. The molecule has 0 aliphatic carbocycles. The average molecular weight is 246 g/mol. The van der Waals surface area contributed by atoms with Gasteiger partial charge in [-0.3, -0.25) is 14.6 Å². The molecule has 1 heterocycles. The number of benzene rings is 1. The summed E-state index contributed by atoms with van der Waals surface area (Å²) in [6.07, 6.45) is 0. The zero-order valence-corrected chi connectivity index (χ0v) is 9.27. The van der Waals surface area contributed by atoms with Gasteiger partial charge >= 0.3 is 5.69 Å². The maximum Gasteiger partial charge on any atom is 0.326 e. The maximum absolute atomic E-state index is 12.1. The topological polar surface area (TPSA) is 103 Å². The van der Waals surface area contributed by atoms with Crippen molar-refractivity contribution in [2.24, 2.45) is 0 Å². The van der Waals surface area contributed by atoms with E-state index in [1.807, 2.05) is 4.98 Å². The number of hydrogen-bond acceptors (Lipinski definition) is 4. The standard InChI is InChI=1S/C12H10N2O4/c15-6-8-9(13-12(18)14-11(8)17)10(16)7-4-2-1-3-5-7/h1-5,15H,6H2,(H2,13,14,17,18). The van der Waals surface area contributed by atoms with E-state index in [9.17, 15) is 14.4 Å². The van der Waals surface area contributed by atoms with Crippen LogP contribution in [0.2, 0.25) is 0 Å². The van der Waals surface area contributed by atoms with Gasteiger partial charge in [-0.1, -0.05) is 30.3 Å². The average Bonchev–Trinajstić information content (AvgIpc) is 2.38. The van der Waals surface area contributed by atoms with Crippen molar-refractivity contribution in [1.29, 1.82) is 0 Å². The third kappa shape index (κ3) is 2.14. The van der Waals surface area contributed by atoms with Crippen LogP contribution in [0.3, 0.4) is 0 Å². The fraction of sp³-hybridized carbons (Fsp3) is 0.0833. The summed E-state index contributed by atoms with van der Waals surface area (Å²) in [6.45, 7) is -0.625. The summed E-state index contributed by atoms with van der Waals surface area (Å²) in [7, 11) is 0. The van der Waals surface area contributed by atoms with Gasteiger partial charge in [-0.2, -0.15) is 0 Å². The number of aromatic amines is 2. The minimum Gasteiger partial charge on any atom is -0.391 e. The summed E-state index contributed by atoms with van der Waals surface area (Å²) < 4.78 is 0. The van der Waals surface area contributed by atoms with Gasteiger partial charge in [0.15, 0.2) is 0 Å². The number of hydrogen-bond donors (Lipinski definition) is 3. The van der Waals surface area contributed by atoms with Crippen LogP contribution in [-0.2, 0) is 6.61 Å². The second-order valence-electron chi connectivity index (χ2n) is 3.62. The fourth-order valence-electron chi connectivity index (χ4n) is 1.59. The van der Waals surface area contributed by atoms with Crippen molar-refractivity contribution in [3.8, 4) is 0 Å². The predicted molar refractivity (Wildman–Crippen MR) is 63.5 cm³/mol. The van der Waals surface area contributed by atoms with Crippen LogP contribution in [-0.4, -0.2) is 20.9 Å². The molecule has 0 radical (unpaired) electrons. The third-order valence-electron chi connectivity index (χ3n) is 2.46. The third-order valence-corrected chi connectivity index (χ3v) is 2.46. The van der Waals surface area contributed by atoms with Crippen molar-refractivity contribution in [3.05, 3.63) is 68.0 Å². The number of ketones is 1. The summed E-state index contributed by atoms with van der Waals surface area (Å²) in [5.41, 5.74) is -1.55. The Balaban J connectivity index is 2.62. The molecule has 0 saturated heterocycles. The van der Waals surface area contributed by atoms with Crippen molar-refractivity contribution in [2.75, 3.05) is 0 Å². The second kappa shape index (κ2) is 4.80. The molecule has 6 nitrogen and oxygen atoms in total. The molecule has 18 heavy (non-hydrogen) atoms. The number of H-pyrrole nitrogens is 2. The van der Waals surface area contributed by atoms with Crippen LogP contribution in [0.5, 0.6) is 0 Å². The molecule has 3 N–H and O–H groups in total. The van der Waals surface area contributed by atoms with Crippen LogP contribution in [0, 0.1) is 0 Å². The normalized spacial score (nSPS) is 10.3. The molecule has 0 bridgehead atoms. The molecule has 92 valence electrons. The molecule has 0 saturated carbocycles. The summed E-state index contributed by atoms with van der Waals surface area (Å²) in [4.78, 5) is 38.9. The quantitative estimate of drug-likeness (QED) is 0.652. The van der Waals surface area contributed by atoms with Crippen molar-refractivity contribution >= 4 is 5.78 Å². The number of carbonyl (C=O) groups excluding carboxylic acids is 1. The Bertz CT molecular complexity index is 685. The number of nitrogens with one attached hydrogen (secondary N) is 2. The molecule has 1 aromatic heterocycles. The lowest BCUT2D eigenvalue weighted by Gasteiger charge is -2.04. The van der Waals surface area contributed by atoms with Crippen LogP contribution in [0.4, 0.5) is 0 Å². The molecule has 0 aliphatic rings. The molecular weight excluding hydrogens is 236 g/mol. The number of aromatic nitrogens is 2. The van der Waals surface area contributed by atoms with E-state index < -0.39 is 23.6 Å². The monoisotopic (exact) mass is 246 g/mol. The van der Waals surface area contributed by atoms with Crippen LogP contribution < -0.4 is 11.2 Å². The fourth-order valence-corrected chi connectivity index (χ4v) is 1.59. The van der Waals surface area contributed by atoms with Crippen molar-refractivity contribution in [3.63, 3.8) is 0 Å². The smallest absolute Gasteiger partial charge is 0.326 e. The first-order valence-corrected chi connectivity index (χ1v) is 5.19. The van der Waals surface area contributed by atoms with Gasteiger partial charge in [-0.05, 0) is 0 Å². The number of aliphatic hydroxyl groups excluding tert-OH is 1. The molecule has 0 aliphatic heterocycles. The van der Waals surface area contributed by atoms with Crippen LogP contribution in [0.15, 0.2) is 39.9 Å². The van der Waals surface area contributed by atoms with E-state index in [1.165, 1.54) is 0 Å². The highest BCUT2D eigenvalue weighted by atomic mass is 16.3. The Morgan fingerprint density at radius 3 is 2.39 bits per heavy atom. The van der Waals surface area contributed by atoms with E-state index in [2.05, 4.69) is 4.98 Å². The van der Waals surface area contributed by atoms with E-state index in [-0.39, 0.29) is 11.3 Å². The van der Waals surface area contributed by atoms with Gasteiger partial charge in [0, 0.05) is 5.56 Å². The summed E-state index contributed by atoms with van der Waals surface area (Å²) in [6, 6.07) is 8.19. The molecule has 0 atom stereocenters. The van der Waals surface area contributed by atoms with Gasteiger partial charge in [0.05, 0.1) is 12.2 Å². The van der Waals surface area contributed by atoms with Gasteiger partial charge in [0.1, 0.15) is 5.69 Å². The first-order chi connectivity index (χ1) is 8.63. The van der Waals surface area contributed by atoms with E-state index in [0.717, 1.165) is 0 Å². The van der Waals surface area contributed by atoms with Gasteiger partial charge in [-0.25, -0.2) is 4.79 Å². The number of aliphatic hydroxyl groups is 1. The Morgan fingerprint density at radius 1 is 1.11 bits per heavy atom.